The fourth-order valence-electron chi connectivity index (χ4n) is 2.26. The van der Waals surface area contributed by atoms with Gasteiger partial charge in [-0.15, -0.1) is 12.4 Å². The first-order chi connectivity index (χ1) is 9.07. The van der Waals surface area contributed by atoms with Crippen LogP contribution < -0.4 is 5.73 Å². The highest BCUT2D eigenvalue weighted by atomic mass is 35.5. The summed E-state index contributed by atoms with van der Waals surface area (Å²) >= 11 is 0. The average Bonchev–Trinajstić information content (AvgIpc) is 2.83. The van der Waals surface area contributed by atoms with Gasteiger partial charge in [0.05, 0.1) is 0 Å². The van der Waals surface area contributed by atoms with E-state index in [2.05, 4.69) is 4.98 Å². The number of nitrogens with two attached hydrogens (primary N) is 1. The zero-order chi connectivity index (χ0) is 13.5. The van der Waals surface area contributed by atoms with Crippen LogP contribution in [0.4, 0.5) is 0 Å². The summed E-state index contributed by atoms with van der Waals surface area (Å²) in [6.45, 7) is 0.788. The van der Waals surface area contributed by atoms with Crippen molar-refractivity contribution in [3.05, 3.63) is 24.3 Å². The third-order valence-corrected chi connectivity index (χ3v) is 4.88. The fourth-order valence-corrected chi connectivity index (χ4v) is 3.65. The number of hydrogen-bond donors (Lipinski definition) is 1. The maximum Gasteiger partial charge on any atom is 0.332 e. The van der Waals surface area contributed by atoms with Crippen molar-refractivity contribution in [1.82, 2.24) is 9.29 Å². The molecule has 1 unspecified atom stereocenters. The fraction of sp³-hybridized carbons (Fsp3) is 0.417. The van der Waals surface area contributed by atoms with Gasteiger partial charge in [0, 0.05) is 19.1 Å². The van der Waals surface area contributed by atoms with Gasteiger partial charge in [-0.1, -0.05) is 12.1 Å². The molecule has 0 bridgehead atoms. The Kier molecular flexibility index (Phi) is 4.33. The van der Waals surface area contributed by atoms with E-state index in [1.165, 1.54) is 4.31 Å². The van der Waals surface area contributed by atoms with Crippen LogP contribution in [0.2, 0.25) is 0 Å². The van der Waals surface area contributed by atoms with E-state index in [9.17, 15) is 8.42 Å². The number of hydrogen-bond acceptors (Lipinski definition) is 5. The van der Waals surface area contributed by atoms with Crippen LogP contribution in [0.1, 0.15) is 12.8 Å². The quantitative estimate of drug-likeness (QED) is 0.903. The lowest BCUT2D eigenvalue weighted by Crippen LogP contribution is -2.45. The van der Waals surface area contributed by atoms with Crippen LogP contribution in [0, 0.1) is 0 Å². The van der Waals surface area contributed by atoms with Gasteiger partial charge in [-0.25, -0.2) is 8.42 Å². The van der Waals surface area contributed by atoms with Crippen LogP contribution in [0.3, 0.4) is 0 Å². The molecule has 110 valence electrons. The average molecular weight is 318 g/mol. The number of para-hydroxylation sites is 2. The highest BCUT2D eigenvalue weighted by Gasteiger charge is 2.32. The van der Waals surface area contributed by atoms with Crippen LogP contribution in [0.25, 0.3) is 11.1 Å². The van der Waals surface area contributed by atoms with E-state index in [1.807, 2.05) is 0 Å². The van der Waals surface area contributed by atoms with E-state index < -0.39 is 10.0 Å². The number of piperidine rings is 1. The molecule has 0 aliphatic carbocycles. The lowest BCUT2D eigenvalue weighted by atomic mass is 10.1. The number of halogens is 1. The Morgan fingerprint density at radius 2 is 2.10 bits per heavy atom. The highest BCUT2D eigenvalue weighted by molar-refractivity contribution is 7.88. The lowest BCUT2D eigenvalue weighted by Gasteiger charge is -2.28. The standard InChI is InChI=1S/C12H15N3O3S.ClH/c13-9-4-3-7-15(8-9)19(16,17)12-14-10-5-1-2-6-11(10)18-12;/h1-2,5-6,9H,3-4,7-8,13H2;1H. The summed E-state index contributed by atoms with van der Waals surface area (Å²) in [6, 6.07) is 6.87. The zero-order valence-electron chi connectivity index (χ0n) is 10.7. The summed E-state index contributed by atoms with van der Waals surface area (Å²) in [5.74, 6) is 0. The predicted octanol–water partition coefficient (Wildman–Crippen LogP) is 1.36. The first-order valence-electron chi connectivity index (χ1n) is 6.19. The highest BCUT2D eigenvalue weighted by Crippen LogP contribution is 2.23. The summed E-state index contributed by atoms with van der Waals surface area (Å²) in [7, 11) is -3.68. The van der Waals surface area contributed by atoms with Gasteiger partial charge < -0.3 is 10.2 Å². The van der Waals surface area contributed by atoms with Gasteiger partial charge in [-0.05, 0) is 25.0 Å². The summed E-state index contributed by atoms with van der Waals surface area (Å²) in [4.78, 5) is 4.05. The molecule has 0 radical (unpaired) electrons. The molecule has 2 aromatic rings. The molecule has 20 heavy (non-hydrogen) atoms. The number of oxazole rings is 1. The largest absolute Gasteiger partial charge is 0.427 e. The molecule has 8 heteroatoms. The van der Waals surface area contributed by atoms with Crippen molar-refractivity contribution in [3.8, 4) is 0 Å². The van der Waals surface area contributed by atoms with Crippen molar-refractivity contribution in [2.45, 2.75) is 24.1 Å². The molecule has 0 amide bonds. The van der Waals surface area contributed by atoms with Crippen LogP contribution in [0.15, 0.2) is 33.9 Å². The summed E-state index contributed by atoms with van der Waals surface area (Å²) in [5.41, 5.74) is 6.84. The van der Waals surface area contributed by atoms with Crippen molar-refractivity contribution in [2.75, 3.05) is 13.1 Å². The molecule has 1 aliphatic rings. The van der Waals surface area contributed by atoms with E-state index in [0.29, 0.717) is 24.2 Å². The van der Waals surface area contributed by atoms with Gasteiger partial charge in [0.15, 0.2) is 5.58 Å². The molecule has 0 saturated carbocycles. The zero-order valence-corrected chi connectivity index (χ0v) is 12.4. The molecule has 6 nitrogen and oxygen atoms in total. The van der Waals surface area contributed by atoms with Gasteiger partial charge in [-0.3, -0.25) is 0 Å². The van der Waals surface area contributed by atoms with Crippen molar-refractivity contribution in [3.63, 3.8) is 0 Å². The second kappa shape index (κ2) is 5.69. The number of nitrogens with zero attached hydrogens (tertiary/aromatic N) is 2. The van der Waals surface area contributed by atoms with E-state index in [0.717, 1.165) is 12.8 Å². The molecule has 2 heterocycles. The van der Waals surface area contributed by atoms with Gasteiger partial charge in [-0.2, -0.15) is 9.29 Å². The Balaban J connectivity index is 0.00000147. The molecule has 1 fully saturated rings. The first-order valence-corrected chi connectivity index (χ1v) is 7.63. The van der Waals surface area contributed by atoms with Gasteiger partial charge in [0.2, 0.25) is 0 Å². The molecule has 1 aromatic carbocycles. The third-order valence-electron chi connectivity index (χ3n) is 3.26. The summed E-state index contributed by atoms with van der Waals surface area (Å²) in [5, 5.41) is -0.247. The predicted molar refractivity (Wildman–Crippen MR) is 77.2 cm³/mol. The SMILES string of the molecule is Cl.NC1CCCN(S(=O)(=O)c2nc3ccccc3o2)C1. The first kappa shape index (κ1) is 15.2. The number of aromatic nitrogens is 1. The molecular formula is C12H16ClN3O3S. The minimum atomic E-state index is -3.68. The molecule has 1 aromatic heterocycles. The molecular weight excluding hydrogens is 302 g/mol. The van der Waals surface area contributed by atoms with Crippen LogP contribution in [-0.2, 0) is 10.0 Å². The van der Waals surface area contributed by atoms with Gasteiger partial charge in [0.1, 0.15) is 5.52 Å². The normalized spacial score (nSPS) is 20.8. The van der Waals surface area contributed by atoms with Crippen molar-refractivity contribution in [1.29, 1.82) is 0 Å². The molecule has 0 spiro atoms. The van der Waals surface area contributed by atoms with Crippen molar-refractivity contribution in [2.24, 2.45) is 5.73 Å². The summed E-state index contributed by atoms with van der Waals surface area (Å²) < 4.78 is 31.5. The van der Waals surface area contributed by atoms with Crippen molar-refractivity contribution >= 4 is 33.5 Å². The monoisotopic (exact) mass is 317 g/mol. The van der Waals surface area contributed by atoms with Gasteiger partial charge in [0.25, 0.3) is 10.0 Å². The Bertz CT molecular complexity index is 668. The second-order valence-corrected chi connectivity index (χ2v) is 6.53. The van der Waals surface area contributed by atoms with E-state index in [1.54, 1.807) is 24.3 Å². The minimum absolute atomic E-state index is 0. The Morgan fingerprint density at radius 1 is 1.35 bits per heavy atom. The number of benzene rings is 1. The van der Waals surface area contributed by atoms with Crippen molar-refractivity contribution < 1.29 is 12.8 Å². The molecule has 1 atom stereocenters. The lowest BCUT2D eigenvalue weighted by molar-refractivity contribution is 0.305. The van der Waals surface area contributed by atoms with Crippen LogP contribution >= 0.6 is 12.4 Å². The van der Waals surface area contributed by atoms with E-state index in [-0.39, 0.29) is 23.7 Å². The van der Waals surface area contributed by atoms with Gasteiger partial charge >= 0.3 is 5.22 Å². The number of sulfonamides is 1. The number of rotatable bonds is 2. The molecule has 2 N–H and O–H groups in total. The van der Waals surface area contributed by atoms with Crippen LogP contribution in [0.5, 0.6) is 0 Å². The van der Waals surface area contributed by atoms with Crippen LogP contribution in [-0.4, -0.2) is 36.8 Å². The molecule has 1 aliphatic heterocycles. The molecule has 3 rings (SSSR count). The maximum atomic E-state index is 12.4. The Morgan fingerprint density at radius 3 is 2.80 bits per heavy atom. The molecule has 1 saturated heterocycles. The van der Waals surface area contributed by atoms with E-state index in [4.69, 9.17) is 10.2 Å². The minimum Gasteiger partial charge on any atom is -0.427 e. The Labute approximate surface area is 123 Å². The smallest absolute Gasteiger partial charge is 0.332 e. The Hall–Kier alpha value is -1.15. The maximum absolute atomic E-state index is 12.4. The topological polar surface area (TPSA) is 89.4 Å². The number of fused-ring (bicyclic) bond motifs is 1. The second-order valence-electron chi connectivity index (χ2n) is 4.71. The third kappa shape index (κ3) is 2.67. The summed E-state index contributed by atoms with van der Waals surface area (Å²) in [6.07, 6.45) is 1.61. The van der Waals surface area contributed by atoms with E-state index >= 15 is 0 Å².